The number of ether oxygens (including phenoxy) is 2. The Bertz CT molecular complexity index is 926. The number of nitrogens with zero attached hydrogens (tertiary/aromatic N) is 2. The van der Waals surface area contributed by atoms with Crippen LogP contribution in [0, 0.1) is 5.92 Å². The highest BCUT2D eigenvalue weighted by Gasteiger charge is 2.32. The molecule has 1 N–H and O–H groups in total. The Balaban J connectivity index is 1.20. The van der Waals surface area contributed by atoms with E-state index in [0.29, 0.717) is 18.2 Å². The maximum atomic E-state index is 12.5. The van der Waals surface area contributed by atoms with E-state index in [9.17, 15) is 4.79 Å². The molecular weight excluding hydrogens is 426 g/mol. The van der Waals surface area contributed by atoms with Crippen molar-refractivity contribution in [3.05, 3.63) is 53.1 Å². The molecule has 1 aliphatic heterocycles. The number of benzene rings is 2. The van der Waals surface area contributed by atoms with Crippen LogP contribution in [0.25, 0.3) is 0 Å². The highest BCUT2D eigenvalue weighted by Crippen LogP contribution is 2.33. The Hall–Kier alpha value is -2.44. The Labute approximate surface area is 195 Å². The number of methoxy groups -OCH3 is 1. The lowest BCUT2D eigenvalue weighted by Gasteiger charge is -2.37. The quantitative estimate of drug-likeness (QED) is 0.587. The van der Waals surface area contributed by atoms with E-state index in [1.807, 2.05) is 37.4 Å². The van der Waals surface area contributed by atoms with Crippen LogP contribution in [-0.4, -0.2) is 55.7 Å². The van der Waals surface area contributed by atoms with E-state index in [1.54, 1.807) is 18.1 Å². The van der Waals surface area contributed by atoms with Crippen LogP contribution in [0.4, 0.5) is 10.5 Å². The van der Waals surface area contributed by atoms with Crippen molar-refractivity contribution in [2.45, 2.75) is 38.3 Å². The second kappa shape index (κ2) is 10.5. The average Bonchev–Trinajstić information content (AvgIpc) is 3.27. The second-order valence-electron chi connectivity index (χ2n) is 8.86. The van der Waals surface area contributed by atoms with Gasteiger partial charge < -0.3 is 19.7 Å². The predicted octanol–water partition coefficient (Wildman–Crippen LogP) is 5.27. The molecule has 0 unspecified atom stereocenters. The van der Waals surface area contributed by atoms with Gasteiger partial charge in [0.05, 0.1) is 13.2 Å². The normalized spacial score (nSPS) is 20.5. The van der Waals surface area contributed by atoms with Crippen LogP contribution in [0.15, 0.2) is 42.5 Å². The number of hydrogen-bond donors (Lipinski definition) is 1. The number of nitrogens with one attached hydrogen (secondary N) is 1. The number of urea groups is 1. The van der Waals surface area contributed by atoms with Crippen LogP contribution < -0.4 is 14.8 Å². The lowest BCUT2D eigenvalue weighted by Crippen LogP contribution is -2.43. The fourth-order valence-electron chi connectivity index (χ4n) is 4.41. The lowest BCUT2D eigenvalue weighted by molar-refractivity contribution is 0.0532. The van der Waals surface area contributed by atoms with E-state index in [4.69, 9.17) is 21.1 Å². The third-order valence-corrected chi connectivity index (χ3v) is 6.66. The number of carbonyl (C=O) groups excluding carboxylic acids is 1. The second-order valence-corrected chi connectivity index (χ2v) is 9.26. The molecule has 0 spiro atoms. The number of halogens is 1. The fraction of sp³-hybridized carbons (Fsp3) is 0.480. The Kier molecular flexibility index (Phi) is 7.43. The number of rotatable bonds is 8. The van der Waals surface area contributed by atoms with Gasteiger partial charge in [-0.2, -0.15) is 0 Å². The Morgan fingerprint density at radius 3 is 2.66 bits per heavy atom. The maximum Gasteiger partial charge on any atom is 0.321 e. The van der Waals surface area contributed by atoms with E-state index < -0.39 is 0 Å². The van der Waals surface area contributed by atoms with Crippen molar-refractivity contribution in [2.24, 2.45) is 5.92 Å². The van der Waals surface area contributed by atoms with Gasteiger partial charge in [0.15, 0.2) is 0 Å². The molecule has 1 saturated heterocycles. The van der Waals surface area contributed by atoms with Gasteiger partial charge in [0, 0.05) is 36.9 Å². The number of amides is 2. The lowest BCUT2D eigenvalue weighted by atomic mass is 9.82. The number of anilines is 1. The summed E-state index contributed by atoms with van der Waals surface area (Å²) in [5.74, 6) is 1.98. The molecule has 2 aliphatic rings. The van der Waals surface area contributed by atoms with Crippen molar-refractivity contribution in [1.29, 1.82) is 0 Å². The SMILES string of the molecule is COc1cccc(NC(=O)N(C)CC2CC(Oc3ccc(CN4CCCC4)c(Cl)c3)C2)c1. The third-order valence-electron chi connectivity index (χ3n) is 6.31. The molecular formula is C25H32ClN3O3. The zero-order valence-electron chi connectivity index (χ0n) is 18.9. The summed E-state index contributed by atoms with van der Waals surface area (Å²) in [6.45, 7) is 3.92. The molecule has 2 aromatic carbocycles. The highest BCUT2D eigenvalue weighted by atomic mass is 35.5. The predicted molar refractivity (Wildman–Crippen MR) is 128 cm³/mol. The molecule has 7 heteroatoms. The third kappa shape index (κ3) is 5.87. The molecule has 4 rings (SSSR count). The van der Waals surface area contributed by atoms with Crippen LogP contribution >= 0.6 is 11.6 Å². The summed E-state index contributed by atoms with van der Waals surface area (Å²) in [5, 5.41) is 3.69. The monoisotopic (exact) mass is 457 g/mol. The van der Waals surface area contributed by atoms with Crippen LogP contribution in [0.2, 0.25) is 5.02 Å². The minimum atomic E-state index is -0.122. The number of likely N-dealkylation sites (tertiary alicyclic amines) is 1. The molecule has 0 aromatic heterocycles. The standard InChI is InChI=1S/C25H32ClN3O3/c1-28(25(30)27-20-6-5-7-21(14-20)31-2)16-18-12-23(13-18)32-22-9-8-19(24(26)15-22)17-29-10-3-4-11-29/h5-9,14-15,18,23H,3-4,10-13,16-17H2,1-2H3,(H,27,30). The van der Waals surface area contributed by atoms with Gasteiger partial charge in [0.1, 0.15) is 11.5 Å². The Morgan fingerprint density at radius 1 is 1.16 bits per heavy atom. The van der Waals surface area contributed by atoms with Gasteiger partial charge in [-0.15, -0.1) is 0 Å². The first-order valence-corrected chi connectivity index (χ1v) is 11.7. The Morgan fingerprint density at radius 2 is 1.94 bits per heavy atom. The van der Waals surface area contributed by atoms with Crippen LogP contribution in [0.3, 0.4) is 0 Å². The van der Waals surface area contributed by atoms with Crippen LogP contribution in [-0.2, 0) is 6.54 Å². The van der Waals surface area contributed by atoms with Crippen molar-refractivity contribution < 1.29 is 14.3 Å². The zero-order valence-corrected chi connectivity index (χ0v) is 19.6. The summed E-state index contributed by atoms with van der Waals surface area (Å²) >= 11 is 6.50. The van der Waals surface area contributed by atoms with E-state index in [-0.39, 0.29) is 12.1 Å². The van der Waals surface area contributed by atoms with Gasteiger partial charge in [-0.1, -0.05) is 23.7 Å². The molecule has 2 fully saturated rings. The summed E-state index contributed by atoms with van der Waals surface area (Å²) in [4.78, 5) is 16.6. The minimum Gasteiger partial charge on any atom is -0.497 e. The first-order valence-electron chi connectivity index (χ1n) is 11.3. The highest BCUT2D eigenvalue weighted by molar-refractivity contribution is 6.31. The summed E-state index contributed by atoms with van der Waals surface area (Å²) in [6, 6.07) is 13.3. The van der Waals surface area contributed by atoms with Gasteiger partial charge in [-0.05, 0) is 74.5 Å². The number of carbonyl (C=O) groups is 1. The maximum absolute atomic E-state index is 12.5. The first-order chi connectivity index (χ1) is 15.5. The molecule has 0 bridgehead atoms. The molecule has 2 amide bonds. The summed E-state index contributed by atoms with van der Waals surface area (Å²) < 4.78 is 11.3. The molecule has 32 heavy (non-hydrogen) atoms. The van der Waals surface area contributed by atoms with Gasteiger partial charge in [0.2, 0.25) is 0 Å². The molecule has 0 atom stereocenters. The van der Waals surface area contributed by atoms with E-state index in [1.165, 1.54) is 12.8 Å². The zero-order chi connectivity index (χ0) is 22.5. The summed E-state index contributed by atoms with van der Waals surface area (Å²) in [7, 11) is 3.43. The molecule has 1 heterocycles. The molecule has 6 nitrogen and oxygen atoms in total. The van der Waals surface area contributed by atoms with Gasteiger partial charge >= 0.3 is 6.03 Å². The van der Waals surface area contributed by atoms with Crippen LogP contribution in [0.1, 0.15) is 31.2 Å². The molecule has 1 saturated carbocycles. The largest absolute Gasteiger partial charge is 0.497 e. The molecule has 172 valence electrons. The minimum absolute atomic E-state index is 0.122. The molecule has 0 radical (unpaired) electrons. The van der Waals surface area contributed by atoms with Crippen molar-refractivity contribution in [3.8, 4) is 11.5 Å². The van der Waals surface area contributed by atoms with Crippen molar-refractivity contribution >= 4 is 23.3 Å². The van der Waals surface area contributed by atoms with Crippen molar-refractivity contribution in [3.63, 3.8) is 0 Å². The topological polar surface area (TPSA) is 54.0 Å². The van der Waals surface area contributed by atoms with E-state index in [2.05, 4.69) is 16.3 Å². The van der Waals surface area contributed by atoms with Gasteiger partial charge in [-0.25, -0.2) is 4.79 Å². The van der Waals surface area contributed by atoms with Gasteiger partial charge in [-0.3, -0.25) is 4.90 Å². The summed E-state index contributed by atoms with van der Waals surface area (Å²) in [5.41, 5.74) is 1.89. The van der Waals surface area contributed by atoms with Crippen molar-refractivity contribution in [2.75, 3.05) is 39.1 Å². The van der Waals surface area contributed by atoms with E-state index in [0.717, 1.165) is 54.5 Å². The fourth-order valence-corrected chi connectivity index (χ4v) is 4.64. The summed E-state index contributed by atoms with van der Waals surface area (Å²) in [6.07, 6.45) is 4.60. The van der Waals surface area contributed by atoms with Crippen LogP contribution in [0.5, 0.6) is 11.5 Å². The molecule has 2 aromatic rings. The number of hydrogen-bond acceptors (Lipinski definition) is 4. The molecule has 1 aliphatic carbocycles. The smallest absolute Gasteiger partial charge is 0.321 e. The van der Waals surface area contributed by atoms with Crippen molar-refractivity contribution in [1.82, 2.24) is 9.80 Å². The van der Waals surface area contributed by atoms with E-state index >= 15 is 0 Å². The average molecular weight is 458 g/mol. The van der Waals surface area contributed by atoms with Gasteiger partial charge in [0.25, 0.3) is 0 Å². The first kappa shape index (κ1) is 22.7.